The summed E-state index contributed by atoms with van der Waals surface area (Å²) in [6.45, 7) is 10.3. The zero-order valence-electron chi connectivity index (χ0n) is 11.6. The van der Waals surface area contributed by atoms with Crippen molar-refractivity contribution in [3.05, 3.63) is 0 Å². The maximum atomic E-state index is 11.6. The molecule has 0 aromatic carbocycles. The Kier molecular flexibility index (Phi) is 10.2. The molecule has 4 nitrogen and oxygen atoms in total. The molecule has 102 valence electrons. The maximum absolute atomic E-state index is 11.6. The zero-order valence-corrected chi connectivity index (χ0v) is 11.6. The van der Waals surface area contributed by atoms with Crippen LogP contribution in [0, 0.1) is 5.92 Å². The summed E-state index contributed by atoms with van der Waals surface area (Å²) in [5.41, 5.74) is 0. The van der Waals surface area contributed by atoms with Gasteiger partial charge in [0.1, 0.15) is 6.04 Å². The minimum Gasteiger partial charge on any atom is -0.465 e. The Morgan fingerprint density at radius 2 is 1.94 bits per heavy atom. The summed E-state index contributed by atoms with van der Waals surface area (Å²) in [6.07, 6.45) is 2.32. The molecule has 0 aromatic heterocycles. The van der Waals surface area contributed by atoms with Crippen molar-refractivity contribution in [2.75, 3.05) is 26.4 Å². The summed E-state index contributed by atoms with van der Waals surface area (Å²) in [7, 11) is 0. The van der Waals surface area contributed by atoms with E-state index in [1.165, 1.54) is 6.42 Å². The van der Waals surface area contributed by atoms with Crippen LogP contribution in [0.3, 0.4) is 0 Å². The van der Waals surface area contributed by atoms with Gasteiger partial charge >= 0.3 is 5.97 Å². The normalized spacial score (nSPS) is 14.4. The van der Waals surface area contributed by atoms with E-state index in [1.807, 2.05) is 13.8 Å². The lowest BCUT2D eigenvalue weighted by Crippen LogP contribution is -2.42. The third-order valence-electron chi connectivity index (χ3n) is 2.49. The first kappa shape index (κ1) is 16.4. The zero-order chi connectivity index (χ0) is 13.1. The van der Waals surface area contributed by atoms with Crippen LogP contribution >= 0.6 is 0 Å². The van der Waals surface area contributed by atoms with Gasteiger partial charge in [-0.05, 0) is 25.8 Å². The van der Waals surface area contributed by atoms with E-state index >= 15 is 0 Å². The van der Waals surface area contributed by atoms with Crippen molar-refractivity contribution in [2.45, 2.75) is 46.6 Å². The summed E-state index contributed by atoms with van der Waals surface area (Å²) in [5, 5.41) is 3.07. The number of carbonyl (C=O) groups is 1. The van der Waals surface area contributed by atoms with E-state index in [0.717, 1.165) is 13.0 Å². The molecule has 0 spiro atoms. The Morgan fingerprint density at radius 1 is 1.24 bits per heavy atom. The molecule has 1 N–H and O–H groups in total. The average Bonchev–Trinajstić information content (AvgIpc) is 2.28. The Bertz CT molecular complexity index is 197. The summed E-state index contributed by atoms with van der Waals surface area (Å²) in [6, 6.07) is -0.339. The second-order valence-electron chi connectivity index (χ2n) is 4.29. The fourth-order valence-electron chi connectivity index (χ4n) is 1.66. The first-order chi connectivity index (χ1) is 8.15. The van der Waals surface area contributed by atoms with Crippen molar-refractivity contribution in [2.24, 2.45) is 5.92 Å². The molecule has 0 aliphatic heterocycles. The summed E-state index contributed by atoms with van der Waals surface area (Å²) in [5.74, 6) is 0.321. The van der Waals surface area contributed by atoms with Gasteiger partial charge in [-0.15, -0.1) is 0 Å². The van der Waals surface area contributed by atoms with Crippen LogP contribution in [0.2, 0.25) is 0 Å². The second kappa shape index (κ2) is 10.5. The Morgan fingerprint density at radius 3 is 2.47 bits per heavy atom. The fraction of sp³-hybridized carbons (Fsp3) is 0.923. The van der Waals surface area contributed by atoms with Gasteiger partial charge in [0.15, 0.2) is 0 Å². The van der Waals surface area contributed by atoms with Crippen LogP contribution in [-0.2, 0) is 14.3 Å². The Balaban J connectivity index is 3.87. The molecule has 0 fully saturated rings. The molecule has 0 bridgehead atoms. The quantitative estimate of drug-likeness (QED) is 0.598. The third kappa shape index (κ3) is 8.16. The molecule has 17 heavy (non-hydrogen) atoms. The van der Waals surface area contributed by atoms with E-state index < -0.39 is 0 Å². The molecule has 0 heterocycles. The van der Waals surface area contributed by atoms with Gasteiger partial charge in [0.25, 0.3) is 0 Å². The van der Waals surface area contributed by atoms with Crippen molar-refractivity contribution >= 4 is 5.97 Å². The molecule has 0 aromatic rings. The van der Waals surface area contributed by atoms with Crippen molar-refractivity contribution in [1.82, 2.24) is 5.32 Å². The van der Waals surface area contributed by atoms with Gasteiger partial charge in [-0.1, -0.05) is 27.2 Å². The van der Waals surface area contributed by atoms with E-state index in [1.54, 1.807) is 0 Å². The van der Waals surface area contributed by atoms with Crippen LogP contribution < -0.4 is 5.32 Å². The first-order valence-electron chi connectivity index (χ1n) is 6.63. The predicted molar refractivity (Wildman–Crippen MR) is 69.0 cm³/mol. The molecule has 0 amide bonds. The second-order valence-corrected chi connectivity index (χ2v) is 4.29. The van der Waals surface area contributed by atoms with E-state index in [2.05, 4.69) is 19.2 Å². The van der Waals surface area contributed by atoms with Gasteiger partial charge in [0, 0.05) is 6.61 Å². The average molecular weight is 245 g/mol. The van der Waals surface area contributed by atoms with Crippen molar-refractivity contribution in [3.8, 4) is 0 Å². The Labute approximate surface area is 105 Å². The number of esters is 1. The maximum Gasteiger partial charge on any atom is 0.325 e. The molecule has 0 aliphatic carbocycles. The van der Waals surface area contributed by atoms with Gasteiger partial charge in [0.05, 0.1) is 13.2 Å². The van der Waals surface area contributed by atoms with Gasteiger partial charge in [-0.2, -0.15) is 0 Å². The number of carbonyl (C=O) groups excluding carboxylic acids is 1. The minimum atomic E-state index is -0.339. The summed E-state index contributed by atoms with van der Waals surface area (Å²) >= 11 is 0. The van der Waals surface area contributed by atoms with Crippen LogP contribution in [0.25, 0.3) is 0 Å². The Hall–Kier alpha value is -0.610. The molecule has 0 rings (SSSR count). The molecule has 0 saturated carbocycles. The monoisotopic (exact) mass is 245 g/mol. The third-order valence-corrected chi connectivity index (χ3v) is 2.49. The highest BCUT2D eigenvalue weighted by Gasteiger charge is 2.18. The highest BCUT2D eigenvalue weighted by Crippen LogP contribution is 2.05. The number of nitrogens with one attached hydrogen (secondary N) is 1. The molecular formula is C13H27NO3. The van der Waals surface area contributed by atoms with Gasteiger partial charge < -0.3 is 14.8 Å². The fourth-order valence-corrected chi connectivity index (χ4v) is 1.66. The van der Waals surface area contributed by atoms with E-state index in [0.29, 0.717) is 25.7 Å². The molecule has 0 radical (unpaired) electrons. The van der Waals surface area contributed by atoms with Crippen LogP contribution in [0.4, 0.5) is 0 Å². The van der Waals surface area contributed by atoms with Crippen molar-refractivity contribution in [1.29, 1.82) is 0 Å². The standard InChI is InChI=1S/C13H27NO3/c1-5-8-11(4)9-16-10-12(14-6-2)13(15)17-7-3/h11-12,14H,5-10H2,1-4H3. The highest BCUT2D eigenvalue weighted by atomic mass is 16.5. The lowest BCUT2D eigenvalue weighted by atomic mass is 10.1. The van der Waals surface area contributed by atoms with Crippen molar-refractivity contribution < 1.29 is 14.3 Å². The lowest BCUT2D eigenvalue weighted by Gasteiger charge is -2.18. The number of likely N-dealkylation sites (N-methyl/N-ethyl adjacent to an activating group) is 1. The van der Waals surface area contributed by atoms with E-state index in [9.17, 15) is 4.79 Å². The molecular weight excluding hydrogens is 218 g/mol. The number of hydrogen-bond donors (Lipinski definition) is 1. The van der Waals surface area contributed by atoms with Gasteiger partial charge in [-0.25, -0.2) is 0 Å². The van der Waals surface area contributed by atoms with E-state index in [-0.39, 0.29) is 12.0 Å². The smallest absolute Gasteiger partial charge is 0.325 e. The van der Waals surface area contributed by atoms with Crippen LogP contribution in [0.15, 0.2) is 0 Å². The molecule has 0 aliphatic rings. The number of ether oxygens (including phenoxy) is 2. The number of rotatable bonds is 10. The predicted octanol–water partition coefficient (Wildman–Crippen LogP) is 1.98. The molecule has 4 heteroatoms. The topological polar surface area (TPSA) is 47.6 Å². The first-order valence-corrected chi connectivity index (χ1v) is 6.63. The molecule has 0 saturated heterocycles. The highest BCUT2D eigenvalue weighted by molar-refractivity contribution is 5.75. The van der Waals surface area contributed by atoms with Crippen LogP contribution in [0.5, 0.6) is 0 Å². The van der Waals surface area contributed by atoms with E-state index in [4.69, 9.17) is 9.47 Å². The lowest BCUT2D eigenvalue weighted by molar-refractivity contribution is -0.147. The SMILES string of the molecule is CCCC(C)COCC(NCC)C(=O)OCC. The summed E-state index contributed by atoms with van der Waals surface area (Å²) in [4.78, 5) is 11.6. The van der Waals surface area contributed by atoms with Crippen LogP contribution in [0.1, 0.15) is 40.5 Å². The van der Waals surface area contributed by atoms with Crippen molar-refractivity contribution in [3.63, 3.8) is 0 Å². The minimum absolute atomic E-state index is 0.225. The molecule has 2 unspecified atom stereocenters. The number of hydrogen-bond acceptors (Lipinski definition) is 4. The van der Waals surface area contributed by atoms with Gasteiger partial charge in [0.2, 0.25) is 0 Å². The largest absolute Gasteiger partial charge is 0.465 e. The summed E-state index contributed by atoms with van der Waals surface area (Å²) < 4.78 is 10.5. The molecule has 2 atom stereocenters. The van der Waals surface area contributed by atoms with Crippen LogP contribution in [-0.4, -0.2) is 38.4 Å². The van der Waals surface area contributed by atoms with Gasteiger partial charge in [-0.3, -0.25) is 4.79 Å².